The fraction of sp³-hybridized carbons (Fsp3) is 0.280. The number of carboxylic acids is 2. The van der Waals surface area contributed by atoms with Gasteiger partial charge in [0.05, 0.1) is 20.6 Å². The Morgan fingerprint density at radius 3 is 2.26 bits per heavy atom. The minimum absolute atomic E-state index is 0.175. The van der Waals surface area contributed by atoms with E-state index in [1.54, 1.807) is 30.4 Å². The van der Waals surface area contributed by atoms with Crippen LogP contribution in [0.5, 0.6) is 11.5 Å². The van der Waals surface area contributed by atoms with Gasteiger partial charge in [-0.2, -0.15) is 0 Å². The van der Waals surface area contributed by atoms with Gasteiger partial charge in [-0.1, -0.05) is 18.2 Å². The molecule has 0 saturated carbocycles. The molecule has 2 N–H and O–H groups in total. The lowest BCUT2D eigenvalue weighted by atomic mass is 9.97. The summed E-state index contributed by atoms with van der Waals surface area (Å²) in [6, 6.07) is 4.72. The third-order valence-corrected chi connectivity index (χ3v) is 4.63. The lowest BCUT2D eigenvalue weighted by Gasteiger charge is -2.18. The Hall–Kier alpha value is -4.34. The number of rotatable bonds is 14. The van der Waals surface area contributed by atoms with Gasteiger partial charge in [0.1, 0.15) is 0 Å². The van der Waals surface area contributed by atoms with Gasteiger partial charge in [0.25, 0.3) is 0 Å². The Labute approximate surface area is 201 Å². The Kier molecular flexibility index (Phi) is 10.3. The first-order valence-corrected chi connectivity index (χ1v) is 10.5. The first kappa shape index (κ1) is 26.9. The van der Waals surface area contributed by atoms with E-state index >= 15 is 0 Å². The van der Waals surface area contributed by atoms with Crippen LogP contribution >= 0.6 is 0 Å². The maximum atomic E-state index is 12.2. The highest BCUT2D eigenvalue weighted by Gasteiger charge is 2.17. The molecule has 10 nitrogen and oxygen atoms in total. The van der Waals surface area contributed by atoms with Crippen LogP contribution < -0.4 is 9.47 Å². The summed E-state index contributed by atoms with van der Waals surface area (Å²) >= 11 is 0. The second kappa shape index (κ2) is 13.4. The molecule has 0 fully saturated rings. The molecule has 0 spiro atoms. The van der Waals surface area contributed by atoms with E-state index in [0.29, 0.717) is 29.3 Å². The molecule has 0 heterocycles. The highest BCUT2D eigenvalue weighted by molar-refractivity contribution is 6.09. The van der Waals surface area contributed by atoms with E-state index in [0.717, 1.165) is 0 Å². The number of benzene rings is 1. The highest BCUT2D eigenvalue weighted by Crippen LogP contribution is 2.28. The van der Waals surface area contributed by atoms with E-state index in [1.807, 2.05) is 0 Å². The number of carboxylic acid groups (broad SMARTS) is 2. The molecule has 0 amide bonds. The number of methoxy groups -OCH3 is 2. The van der Waals surface area contributed by atoms with Crippen LogP contribution in [0.2, 0.25) is 0 Å². The average Bonchev–Trinajstić information content (AvgIpc) is 2.83. The van der Waals surface area contributed by atoms with Crippen LogP contribution in [-0.2, 0) is 28.7 Å². The SMILES string of the molecule is COC1=CC(/C=C/C(=O)CC(=O)/C=C/c2ccc(OCC(=O)O)c(OC)c2)CC=C1OCC(=O)O. The zero-order valence-corrected chi connectivity index (χ0v) is 19.3. The van der Waals surface area contributed by atoms with Crippen LogP contribution in [0, 0.1) is 5.92 Å². The lowest BCUT2D eigenvalue weighted by molar-refractivity contribution is -0.141. The van der Waals surface area contributed by atoms with E-state index in [9.17, 15) is 19.2 Å². The molecule has 1 atom stereocenters. The van der Waals surface area contributed by atoms with E-state index in [-0.39, 0.29) is 23.9 Å². The van der Waals surface area contributed by atoms with Gasteiger partial charge in [0.2, 0.25) is 0 Å². The van der Waals surface area contributed by atoms with Crippen LogP contribution in [0.1, 0.15) is 18.4 Å². The van der Waals surface area contributed by atoms with Crippen molar-refractivity contribution in [1.29, 1.82) is 0 Å². The Morgan fingerprint density at radius 1 is 0.914 bits per heavy atom. The smallest absolute Gasteiger partial charge is 0.341 e. The summed E-state index contributed by atoms with van der Waals surface area (Å²) < 4.78 is 20.7. The van der Waals surface area contributed by atoms with Gasteiger partial charge >= 0.3 is 11.9 Å². The van der Waals surface area contributed by atoms with Crippen molar-refractivity contribution in [2.24, 2.45) is 5.92 Å². The standard InChI is InChI=1S/C25H26O10/c1-32-22-11-16(5-9-20(22)34-14-24(28)29)3-7-18(26)13-19(27)8-4-17-6-10-21(23(12-17)33-2)35-15-25(30)31/h3-5,7-12,17H,6,13-15H2,1-2H3,(H,28,29)(H,30,31)/b7-3+,8-4+. The fourth-order valence-electron chi connectivity index (χ4n) is 3.02. The van der Waals surface area contributed by atoms with Crippen molar-refractivity contribution in [2.45, 2.75) is 12.8 Å². The number of ether oxygens (including phenoxy) is 4. The molecular formula is C25H26O10. The summed E-state index contributed by atoms with van der Waals surface area (Å²) in [5.41, 5.74) is 0.605. The van der Waals surface area contributed by atoms with Gasteiger partial charge in [-0.05, 0) is 48.4 Å². The summed E-state index contributed by atoms with van der Waals surface area (Å²) in [4.78, 5) is 45.7. The van der Waals surface area contributed by atoms with Crippen molar-refractivity contribution in [2.75, 3.05) is 27.4 Å². The molecule has 0 radical (unpaired) electrons. The molecule has 0 aliphatic heterocycles. The molecule has 0 saturated heterocycles. The van der Waals surface area contributed by atoms with Crippen molar-refractivity contribution in [3.05, 3.63) is 65.7 Å². The van der Waals surface area contributed by atoms with Crippen LogP contribution in [-0.4, -0.2) is 61.2 Å². The maximum absolute atomic E-state index is 12.2. The number of allylic oxidation sites excluding steroid dienone is 5. The molecule has 0 bridgehead atoms. The summed E-state index contributed by atoms with van der Waals surface area (Å²) in [6.07, 6.45) is 9.31. The molecule has 1 aromatic rings. The largest absolute Gasteiger partial charge is 0.493 e. The Bertz CT molecular complexity index is 1080. The van der Waals surface area contributed by atoms with Gasteiger partial charge in [-0.25, -0.2) is 9.59 Å². The third kappa shape index (κ3) is 9.20. The number of ketones is 2. The molecular weight excluding hydrogens is 460 g/mol. The van der Waals surface area contributed by atoms with Crippen molar-refractivity contribution < 1.29 is 48.3 Å². The monoisotopic (exact) mass is 486 g/mol. The molecule has 2 rings (SSSR count). The summed E-state index contributed by atoms with van der Waals surface area (Å²) in [5.74, 6) is -1.92. The van der Waals surface area contributed by atoms with Gasteiger partial charge in [-0.15, -0.1) is 0 Å². The molecule has 35 heavy (non-hydrogen) atoms. The minimum Gasteiger partial charge on any atom is -0.493 e. The highest BCUT2D eigenvalue weighted by atomic mass is 16.5. The van der Waals surface area contributed by atoms with Gasteiger partial charge < -0.3 is 29.2 Å². The minimum atomic E-state index is -1.12. The van der Waals surface area contributed by atoms with Crippen LogP contribution in [0.15, 0.2) is 60.1 Å². The fourth-order valence-corrected chi connectivity index (χ4v) is 3.02. The van der Waals surface area contributed by atoms with Crippen LogP contribution in [0.4, 0.5) is 0 Å². The predicted molar refractivity (Wildman–Crippen MR) is 124 cm³/mol. The topological polar surface area (TPSA) is 146 Å². The summed E-state index contributed by atoms with van der Waals surface area (Å²) in [6.45, 7) is -1.00. The molecule has 186 valence electrons. The van der Waals surface area contributed by atoms with Gasteiger partial charge in [-0.3, -0.25) is 9.59 Å². The van der Waals surface area contributed by atoms with Crippen LogP contribution in [0.3, 0.4) is 0 Å². The average molecular weight is 486 g/mol. The quantitative estimate of drug-likeness (QED) is 0.297. The molecule has 1 aliphatic carbocycles. The maximum Gasteiger partial charge on any atom is 0.341 e. The Morgan fingerprint density at radius 2 is 1.60 bits per heavy atom. The van der Waals surface area contributed by atoms with Gasteiger partial charge in [0.15, 0.2) is 47.8 Å². The predicted octanol–water partition coefficient (Wildman–Crippen LogP) is 2.79. The van der Waals surface area contributed by atoms with Crippen molar-refractivity contribution >= 4 is 29.6 Å². The van der Waals surface area contributed by atoms with Crippen molar-refractivity contribution in [3.63, 3.8) is 0 Å². The molecule has 0 aromatic heterocycles. The normalized spacial score (nSPS) is 15.3. The molecule has 1 unspecified atom stereocenters. The van der Waals surface area contributed by atoms with E-state index < -0.39 is 30.9 Å². The second-order valence-corrected chi connectivity index (χ2v) is 7.28. The van der Waals surface area contributed by atoms with E-state index in [2.05, 4.69) is 0 Å². The number of carbonyl (C=O) groups is 4. The number of aliphatic carboxylic acids is 2. The first-order chi connectivity index (χ1) is 16.7. The second-order valence-electron chi connectivity index (χ2n) is 7.28. The number of hydrogen-bond donors (Lipinski definition) is 2. The zero-order chi connectivity index (χ0) is 25.8. The van der Waals surface area contributed by atoms with Crippen molar-refractivity contribution in [1.82, 2.24) is 0 Å². The van der Waals surface area contributed by atoms with E-state index in [1.165, 1.54) is 38.5 Å². The summed E-state index contributed by atoms with van der Waals surface area (Å²) in [5, 5.41) is 17.4. The zero-order valence-electron chi connectivity index (χ0n) is 19.3. The van der Waals surface area contributed by atoms with Crippen molar-refractivity contribution in [3.8, 4) is 11.5 Å². The van der Waals surface area contributed by atoms with E-state index in [4.69, 9.17) is 29.2 Å². The van der Waals surface area contributed by atoms with Crippen LogP contribution in [0.25, 0.3) is 6.08 Å². The molecule has 1 aliphatic rings. The lowest BCUT2D eigenvalue weighted by Crippen LogP contribution is -2.12. The molecule has 1 aromatic carbocycles. The number of carbonyl (C=O) groups excluding carboxylic acids is 2. The molecule has 10 heteroatoms. The Balaban J connectivity index is 1.91. The van der Waals surface area contributed by atoms with Gasteiger partial charge in [0, 0.05) is 5.92 Å². The summed E-state index contributed by atoms with van der Waals surface area (Å²) in [7, 11) is 2.83. The third-order valence-electron chi connectivity index (χ3n) is 4.63. The first-order valence-electron chi connectivity index (χ1n) is 10.5. The number of hydrogen-bond acceptors (Lipinski definition) is 8.